The summed E-state index contributed by atoms with van der Waals surface area (Å²) >= 11 is 5.32. The Morgan fingerprint density at radius 2 is 2.00 bits per heavy atom. The fourth-order valence-electron chi connectivity index (χ4n) is 2.09. The highest BCUT2D eigenvalue weighted by Gasteiger charge is 2.19. The van der Waals surface area contributed by atoms with Gasteiger partial charge < -0.3 is 15.4 Å². The molecule has 3 nitrogen and oxygen atoms in total. The van der Waals surface area contributed by atoms with Crippen LogP contribution in [0.25, 0.3) is 0 Å². The molecule has 0 saturated heterocycles. The van der Waals surface area contributed by atoms with Crippen LogP contribution in [-0.2, 0) is 4.74 Å². The van der Waals surface area contributed by atoms with Gasteiger partial charge >= 0.3 is 0 Å². The molecule has 0 aromatic rings. The van der Waals surface area contributed by atoms with Crippen LogP contribution in [0.15, 0.2) is 0 Å². The van der Waals surface area contributed by atoms with Gasteiger partial charge in [-0.1, -0.05) is 26.7 Å². The van der Waals surface area contributed by atoms with Gasteiger partial charge in [-0.25, -0.2) is 0 Å². The topological polar surface area (TPSA) is 33.3 Å². The summed E-state index contributed by atoms with van der Waals surface area (Å²) in [4.78, 5) is 0. The van der Waals surface area contributed by atoms with E-state index in [1.807, 2.05) is 0 Å². The largest absolute Gasteiger partial charge is 0.385 e. The van der Waals surface area contributed by atoms with E-state index in [9.17, 15) is 0 Å². The summed E-state index contributed by atoms with van der Waals surface area (Å²) in [5.74, 6) is 0. The van der Waals surface area contributed by atoms with Gasteiger partial charge in [0, 0.05) is 26.3 Å². The quantitative estimate of drug-likeness (QED) is 0.717. The Morgan fingerprint density at radius 3 is 2.59 bits per heavy atom. The monoisotopic (exact) mass is 258 g/mol. The molecule has 0 amide bonds. The van der Waals surface area contributed by atoms with Crippen LogP contribution in [0, 0.1) is 5.41 Å². The van der Waals surface area contributed by atoms with Crippen molar-refractivity contribution in [3.63, 3.8) is 0 Å². The minimum Gasteiger partial charge on any atom is -0.385 e. The average Bonchev–Trinajstić information content (AvgIpc) is 2.77. The highest BCUT2D eigenvalue weighted by molar-refractivity contribution is 7.80. The first-order valence-corrected chi connectivity index (χ1v) is 6.98. The molecule has 0 spiro atoms. The Labute approximate surface area is 111 Å². The maximum atomic E-state index is 5.32. The number of methoxy groups -OCH3 is 1. The zero-order valence-electron chi connectivity index (χ0n) is 11.3. The summed E-state index contributed by atoms with van der Waals surface area (Å²) in [6.45, 7) is 6.17. The Morgan fingerprint density at radius 1 is 1.35 bits per heavy atom. The molecule has 1 fully saturated rings. The van der Waals surface area contributed by atoms with E-state index in [2.05, 4.69) is 24.5 Å². The number of hydrogen-bond acceptors (Lipinski definition) is 2. The van der Waals surface area contributed by atoms with Crippen molar-refractivity contribution in [3.8, 4) is 0 Å². The standard InChI is InChI=1S/C13H26N2OS/c1-13(2,8-9-16-3)10-14-12(17)15-11-6-4-5-7-11/h11H,4-10H2,1-3H3,(H2,14,15,17). The molecule has 2 N–H and O–H groups in total. The number of rotatable bonds is 6. The second-order valence-corrected chi connectivity index (χ2v) is 6.12. The van der Waals surface area contributed by atoms with Crippen molar-refractivity contribution in [1.82, 2.24) is 10.6 Å². The lowest BCUT2D eigenvalue weighted by Crippen LogP contribution is -2.44. The van der Waals surface area contributed by atoms with E-state index in [4.69, 9.17) is 17.0 Å². The van der Waals surface area contributed by atoms with Crippen LogP contribution in [0.5, 0.6) is 0 Å². The molecule has 0 unspecified atom stereocenters. The first kappa shape index (κ1) is 14.7. The lowest BCUT2D eigenvalue weighted by Gasteiger charge is -2.26. The first-order chi connectivity index (χ1) is 8.03. The van der Waals surface area contributed by atoms with Gasteiger partial charge in [0.05, 0.1) is 0 Å². The van der Waals surface area contributed by atoms with Crippen LogP contribution in [0.1, 0.15) is 46.0 Å². The lowest BCUT2D eigenvalue weighted by molar-refractivity contribution is 0.153. The van der Waals surface area contributed by atoms with Crippen LogP contribution in [0.4, 0.5) is 0 Å². The van der Waals surface area contributed by atoms with Crippen molar-refractivity contribution in [2.75, 3.05) is 20.3 Å². The van der Waals surface area contributed by atoms with Gasteiger partial charge in [0.15, 0.2) is 5.11 Å². The van der Waals surface area contributed by atoms with Crippen molar-refractivity contribution in [1.29, 1.82) is 0 Å². The third kappa shape index (κ3) is 6.22. The molecule has 0 atom stereocenters. The molecule has 1 saturated carbocycles. The van der Waals surface area contributed by atoms with Gasteiger partial charge in [-0.15, -0.1) is 0 Å². The van der Waals surface area contributed by atoms with Crippen LogP contribution in [0.3, 0.4) is 0 Å². The third-order valence-electron chi connectivity index (χ3n) is 3.40. The first-order valence-electron chi connectivity index (χ1n) is 6.57. The predicted octanol–water partition coefficient (Wildman–Crippen LogP) is 2.46. The van der Waals surface area contributed by atoms with Crippen LogP contribution < -0.4 is 10.6 Å². The molecule has 1 rings (SSSR count). The van der Waals surface area contributed by atoms with Gasteiger partial charge in [-0.3, -0.25) is 0 Å². The molecular weight excluding hydrogens is 232 g/mol. The highest BCUT2D eigenvalue weighted by atomic mass is 32.1. The summed E-state index contributed by atoms with van der Waals surface area (Å²) in [5, 5.41) is 7.53. The fourth-order valence-corrected chi connectivity index (χ4v) is 2.33. The summed E-state index contributed by atoms with van der Waals surface area (Å²) in [7, 11) is 1.75. The second kappa shape index (κ2) is 7.17. The van der Waals surface area contributed by atoms with Crippen molar-refractivity contribution in [2.24, 2.45) is 5.41 Å². The van der Waals surface area contributed by atoms with Crippen molar-refractivity contribution < 1.29 is 4.74 Å². The highest BCUT2D eigenvalue weighted by Crippen LogP contribution is 2.19. The molecule has 0 aliphatic heterocycles. The smallest absolute Gasteiger partial charge is 0.166 e. The molecule has 17 heavy (non-hydrogen) atoms. The second-order valence-electron chi connectivity index (χ2n) is 5.72. The van der Waals surface area contributed by atoms with Crippen molar-refractivity contribution in [2.45, 2.75) is 52.0 Å². The van der Waals surface area contributed by atoms with E-state index >= 15 is 0 Å². The number of ether oxygens (including phenoxy) is 1. The summed E-state index contributed by atoms with van der Waals surface area (Å²) in [5.41, 5.74) is 0.220. The molecule has 0 aromatic heterocycles. The summed E-state index contributed by atoms with van der Waals surface area (Å²) < 4.78 is 5.12. The molecule has 4 heteroatoms. The van der Waals surface area contributed by atoms with E-state index in [1.54, 1.807) is 7.11 Å². The van der Waals surface area contributed by atoms with Gasteiger partial charge in [0.25, 0.3) is 0 Å². The van der Waals surface area contributed by atoms with Crippen LogP contribution in [-0.4, -0.2) is 31.4 Å². The lowest BCUT2D eigenvalue weighted by atomic mass is 9.90. The van der Waals surface area contributed by atoms with Crippen molar-refractivity contribution in [3.05, 3.63) is 0 Å². The van der Waals surface area contributed by atoms with Gasteiger partial charge in [-0.05, 0) is 36.9 Å². The maximum absolute atomic E-state index is 5.32. The molecule has 0 heterocycles. The van der Waals surface area contributed by atoms with Gasteiger partial charge in [0.2, 0.25) is 0 Å². The van der Waals surface area contributed by atoms with Gasteiger partial charge in [-0.2, -0.15) is 0 Å². The minimum atomic E-state index is 0.220. The van der Waals surface area contributed by atoms with E-state index in [0.29, 0.717) is 6.04 Å². The molecule has 1 aliphatic carbocycles. The molecule has 0 bridgehead atoms. The zero-order valence-corrected chi connectivity index (χ0v) is 12.2. The van der Waals surface area contributed by atoms with E-state index in [0.717, 1.165) is 24.7 Å². The number of hydrogen-bond donors (Lipinski definition) is 2. The van der Waals surface area contributed by atoms with Gasteiger partial charge in [0.1, 0.15) is 0 Å². The SMILES string of the molecule is COCCC(C)(C)CNC(=S)NC1CCCC1. The molecule has 0 radical (unpaired) electrons. The summed E-state index contributed by atoms with van der Waals surface area (Å²) in [6.07, 6.45) is 6.23. The molecule has 1 aliphatic rings. The van der Waals surface area contributed by atoms with E-state index < -0.39 is 0 Å². The molecular formula is C13H26N2OS. The molecule has 100 valence electrons. The number of nitrogens with one attached hydrogen (secondary N) is 2. The fraction of sp³-hybridized carbons (Fsp3) is 0.923. The van der Waals surface area contributed by atoms with Crippen molar-refractivity contribution >= 4 is 17.3 Å². The number of thiocarbonyl (C=S) groups is 1. The average molecular weight is 258 g/mol. The zero-order chi connectivity index (χ0) is 12.7. The molecule has 0 aromatic carbocycles. The Balaban J connectivity index is 2.17. The third-order valence-corrected chi connectivity index (χ3v) is 3.66. The van der Waals surface area contributed by atoms with E-state index in [1.165, 1.54) is 25.7 Å². The Kier molecular flexibility index (Phi) is 6.20. The normalized spacial score (nSPS) is 17.1. The van der Waals surface area contributed by atoms with E-state index in [-0.39, 0.29) is 5.41 Å². The minimum absolute atomic E-state index is 0.220. The maximum Gasteiger partial charge on any atom is 0.166 e. The Hall–Kier alpha value is -0.350. The Bertz CT molecular complexity index is 238. The predicted molar refractivity (Wildman–Crippen MR) is 76.3 cm³/mol. The van der Waals surface area contributed by atoms with Crippen LogP contribution >= 0.6 is 12.2 Å². The van der Waals surface area contributed by atoms with Crippen LogP contribution in [0.2, 0.25) is 0 Å². The summed E-state index contributed by atoms with van der Waals surface area (Å²) in [6, 6.07) is 0.595.